The third kappa shape index (κ3) is 4.93. The monoisotopic (exact) mass is 339 g/mol. The molecule has 5 N–H and O–H groups in total. The van der Waals surface area contributed by atoms with Gasteiger partial charge in [-0.05, 0) is 42.1 Å². The smallest absolute Gasteiger partial charge is 0.321 e. The van der Waals surface area contributed by atoms with Crippen LogP contribution in [0.4, 0.5) is 4.79 Å². The summed E-state index contributed by atoms with van der Waals surface area (Å²) in [5.41, 5.74) is 6.91. The van der Waals surface area contributed by atoms with Gasteiger partial charge in [0.25, 0.3) is 0 Å². The number of hydrogen-bond acceptors (Lipinski definition) is 3. The van der Waals surface area contributed by atoms with Gasteiger partial charge in [0.05, 0.1) is 6.54 Å². The zero-order valence-electron chi connectivity index (χ0n) is 14.3. The molecular formula is C19H25N5O. The summed E-state index contributed by atoms with van der Waals surface area (Å²) in [4.78, 5) is 16.1. The highest BCUT2D eigenvalue weighted by atomic mass is 16.2. The van der Waals surface area contributed by atoms with Crippen molar-refractivity contribution >= 4 is 22.8 Å². The van der Waals surface area contributed by atoms with E-state index in [4.69, 9.17) is 5.73 Å². The van der Waals surface area contributed by atoms with Crippen LogP contribution >= 0.6 is 0 Å². The predicted octanol–water partition coefficient (Wildman–Crippen LogP) is 2.10. The van der Waals surface area contributed by atoms with Crippen LogP contribution in [0.1, 0.15) is 24.8 Å². The normalized spacial score (nSPS) is 17.6. The molecule has 6 nitrogen and oxygen atoms in total. The molecule has 3 rings (SSSR count). The summed E-state index contributed by atoms with van der Waals surface area (Å²) >= 11 is 0. The second-order valence-electron chi connectivity index (χ2n) is 6.30. The van der Waals surface area contributed by atoms with Crippen molar-refractivity contribution in [2.24, 2.45) is 10.7 Å². The zero-order valence-corrected chi connectivity index (χ0v) is 14.3. The number of nitrogens with one attached hydrogen (secondary N) is 3. The minimum absolute atomic E-state index is 0.129. The van der Waals surface area contributed by atoms with Gasteiger partial charge in [0.2, 0.25) is 0 Å². The molecule has 25 heavy (non-hydrogen) atoms. The molecule has 1 atom stereocenters. The van der Waals surface area contributed by atoms with E-state index in [0.29, 0.717) is 19.1 Å². The number of carbonyl (C=O) groups excluding carboxylic acids is 1. The third-order valence-corrected chi connectivity index (χ3v) is 4.48. The maximum absolute atomic E-state index is 11.8. The number of carbonyl (C=O) groups is 1. The number of hydrogen-bond donors (Lipinski definition) is 4. The summed E-state index contributed by atoms with van der Waals surface area (Å²) in [5.74, 6) is 0.129. The molecule has 0 bridgehead atoms. The average molecular weight is 339 g/mol. The Hall–Kier alpha value is -2.60. The zero-order chi connectivity index (χ0) is 17.5. The van der Waals surface area contributed by atoms with E-state index in [1.165, 1.54) is 18.2 Å². The number of amides is 2. The lowest BCUT2D eigenvalue weighted by Gasteiger charge is -2.11. The van der Waals surface area contributed by atoms with Crippen molar-refractivity contribution in [1.29, 1.82) is 0 Å². The molecular weight excluding hydrogens is 314 g/mol. The van der Waals surface area contributed by atoms with Crippen LogP contribution in [-0.2, 0) is 6.54 Å². The highest BCUT2D eigenvalue weighted by molar-refractivity contribution is 5.95. The summed E-state index contributed by atoms with van der Waals surface area (Å²) in [6.45, 7) is 2.13. The number of benzene rings is 2. The lowest BCUT2D eigenvalue weighted by atomic mass is 10.1. The fourth-order valence-electron chi connectivity index (χ4n) is 3.16. The minimum Gasteiger partial charge on any atom is -0.370 e. The highest BCUT2D eigenvalue weighted by Crippen LogP contribution is 2.18. The summed E-state index contributed by atoms with van der Waals surface area (Å²) in [5, 5.41) is 11.1. The molecule has 1 aliphatic heterocycles. The van der Waals surface area contributed by atoms with Crippen LogP contribution in [-0.4, -0.2) is 31.1 Å². The van der Waals surface area contributed by atoms with Crippen LogP contribution in [0.15, 0.2) is 47.5 Å². The molecule has 1 saturated heterocycles. The predicted molar refractivity (Wildman–Crippen MR) is 101 cm³/mol. The van der Waals surface area contributed by atoms with E-state index >= 15 is 0 Å². The van der Waals surface area contributed by atoms with Gasteiger partial charge >= 0.3 is 6.03 Å². The standard InChI is InChI=1S/C19H25N5O/c20-18(24-19(25)22-12-10-16-8-4-11-21-16)23-13-15-7-3-6-14-5-1-2-9-17(14)15/h1-3,5-7,9,16,21H,4,8,10-13H2,(H4,20,22,23,24,25). The van der Waals surface area contributed by atoms with Gasteiger partial charge in [-0.25, -0.2) is 9.79 Å². The molecule has 1 unspecified atom stereocenters. The van der Waals surface area contributed by atoms with Gasteiger partial charge in [-0.1, -0.05) is 42.5 Å². The Balaban J connectivity index is 1.48. The van der Waals surface area contributed by atoms with E-state index in [0.717, 1.165) is 23.9 Å². The number of fused-ring (bicyclic) bond motifs is 1. The van der Waals surface area contributed by atoms with Crippen molar-refractivity contribution < 1.29 is 4.79 Å². The molecule has 6 heteroatoms. The molecule has 2 aromatic rings. The number of nitrogens with zero attached hydrogens (tertiary/aromatic N) is 1. The van der Waals surface area contributed by atoms with Crippen molar-refractivity contribution in [2.75, 3.05) is 13.1 Å². The van der Waals surface area contributed by atoms with Gasteiger partial charge in [0.15, 0.2) is 5.96 Å². The topological polar surface area (TPSA) is 91.5 Å². The molecule has 0 aliphatic carbocycles. The molecule has 1 aliphatic rings. The van der Waals surface area contributed by atoms with Gasteiger partial charge in [-0.2, -0.15) is 0 Å². The summed E-state index contributed by atoms with van der Waals surface area (Å²) in [6, 6.07) is 14.4. The molecule has 0 saturated carbocycles. The lowest BCUT2D eigenvalue weighted by molar-refractivity contribution is 0.244. The molecule has 1 fully saturated rings. The summed E-state index contributed by atoms with van der Waals surface area (Å²) in [7, 11) is 0. The van der Waals surface area contributed by atoms with Gasteiger partial charge in [0, 0.05) is 12.6 Å². The Morgan fingerprint density at radius 1 is 1.24 bits per heavy atom. The highest BCUT2D eigenvalue weighted by Gasteiger charge is 2.13. The molecule has 2 aromatic carbocycles. The third-order valence-electron chi connectivity index (χ3n) is 4.48. The quantitative estimate of drug-likeness (QED) is 0.496. The van der Waals surface area contributed by atoms with Crippen molar-refractivity contribution in [2.45, 2.75) is 31.8 Å². The SMILES string of the molecule is NC(=NCc1cccc2ccccc12)NC(=O)NCCC1CCCN1. The van der Waals surface area contributed by atoms with Crippen molar-refractivity contribution in [1.82, 2.24) is 16.0 Å². The Bertz CT molecular complexity index is 747. The van der Waals surface area contributed by atoms with Gasteiger partial charge in [-0.3, -0.25) is 5.32 Å². The fraction of sp³-hybridized carbons (Fsp3) is 0.368. The van der Waals surface area contributed by atoms with E-state index in [9.17, 15) is 4.79 Å². The first-order valence-electron chi connectivity index (χ1n) is 8.77. The van der Waals surface area contributed by atoms with Crippen molar-refractivity contribution in [3.63, 3.8) is 0 Å². The van der Waals surface area contributed by atoms with Crippen LogP contribution in [0, 0.1) is 0 Å². The van der Waals surface area contributed by atoms with Gasteiger partial charge in [-0.15, -0.1) is 0 Å². The van der Waals surface area contributed by atoms with E-state index in [1.807, 2.05) is 24.3 Å². The molecule has 0 spiro atoms. The van der Waals surface area contributed by atoms with Crippen LogP contribution in [0.25, 0.3) is 10.8 Å². The first-order valence-corrected chi connectivity index (χ1v) is 8.77. The molecule has 1 heterocycles. The number of aliphatic imine (C=N–C) groups is 1. The maximum atomic E-state index is 11.8. The Kier molecular flexibility index (Phi) is 5.85. The van der Waals surface area contributed by atoms with Gasteiger partial charge < -0.3 is 16.4 Å². The average Bonchev–Trinajstić information content (AvgIpc) is 3.13. The Labute approximate surface area is 147 Å². The van der Waals surface area contributed by atoms with Crippen LogP contribution in [0.3, 0.4) is 0 Å². The summed E-state index contributed by atoms with van der Waals surface area (Å²) in [6.07, 6.45) is 3.32. The van der Waals surface area contributed by atoms with E-state index in [2.05, 4.69) is 39.1 Å². The van der Waals surface area contributed by atoms with E-state index in [-0.39, 0.29) is 12.0 Å². The first kappa shape index (κ1) is 17.2. The maximum Gasteiger partial charge on any atom is 0.321 e. The van der Waals surface area contributed by atoms with Crippen molar-refractivity contribution in [3.8, 4) is 0 Å². The molecule has 0 radical (unpaired) electrons. The van der Waals surface area contributed by atoms with Crippen LogP contribution in [0.2, 0.25) is 0 Å². The van der Waals surface area contributed by atoms with Crippen LogP contribution < -0.4 is 21.7 Å². The van der Waals surface area contributed by atoms with E-state index < -0.39 is 0 Å². The van der Waals surface area contributed by atoms with Gasteiger partial charge in [0.1, 0.15) is 0 Å². The summed E-state index contributed by atoms with van der Waals surface area (Å²) < 4.78 is 0. The fourth-order valence-corrected chi connectivity index (χ4v) is 3.16. The lowest BCUT2D eigenvalue weighted by Crippen LogP contribution is -2.44. The number of nitrogens with two attached hydrogens (primary N) is 1. The Morgan fingerprint density at radius 2 is 2.08 bits per heavy atom. The number of guanidine groups is 1. The van der Waals surface area contributed by atoms with Crippen molar-refractivity contribution in [3.05, 3.63) is 48.0 Å². The number of rotatable bonds is 5. The first-order chi connectivity index (χ1) is 12.2. The largest absolute Gasteiger partial charge is 0.370 e. The molecule has 132 valence electrons. The Morgan fingerprint density at radius 3 is 2.92 bits per heavy atom. The van der Waals surface area contributed by atoms with Crippen LogP contribution in [0.5, 0.6) is 0 Å². The second kappa shape index (κ2) is 8.48. The molecule has 0 aromatic heterocycles. The molecule has 2 amide bonds. The minimum atomic E-state index is -0.308. The number of urea groups is 1. The van der Waals surface area contributed by atoms with E-state index in [1.54, 1.807) is 0 Å². The second-order valence-corrected chi connectivity index (χ2v) is 6.30.